The van der Waals surface area contributed by atoms with Gasteiger partial charge in [-0.15, -0.1) is 0 Å². The molecule has 0 spiro atoms. The number of hydrogen-bond donors (Lipinski definition) is 1. The quantitative estimate of drug-likeness (QED) is 0.746. The van der Waals surface area contributed by atoms with E-state index in [1.807, 2.05) is 37.3 Å². The molecule has 1 N–H and O–H groups in total. The minimum atomic E-state index is -1.25. The number of pyridine rings is 1. The van der Waals surface area contributed by atoms with Crippen LogP contribution in [0.15, 0.2) is 41.7 Å². The van der Waals surface area contributed by atoms with E-state index >= 15 is 0 Å². The molecule has 2 aromatic heterocycles. The van der Waals surface area contributed by atoms with Gasteiger partial charge >= 0.3 is 0 Å². The summed E-state index contributed by atoms with van der Waals surface area (Å²) in [6.07, 6.45) is 4.26. The number of aryl methyl sites for hydroxylation is 1. The smallest absolute Gasteiger partial charge is 0.197 e. The first-order chi connectivity index (χ1) is 11.7. The molecule has 3 aromatic rings. The highest BCUT2D eigenvalue weighted by atomic mass is 32.2. The molecule has 1 saturated carbocycles. The normalized spacial score (nSPS) is 15.5. The topological polar surface area (TPSA) is 67.9 Å². The van der Waals surface area contributed by atoms with Crippen LogP contribution in [0, 0.1) is 12.8 Å². The summed E-state index contributed by atoms with van der Waals surface area (Å²) in [5.74, 6) is 1.90. The largest absolute Gasteiger partial charge is 0.493 e. The molecule has 1 atom stereocenters. The minimum Gasteiger partial charge on any atom is -0.493 e. The molecule has 0 amide bonds. The third-order valence-electron chi connectivity index (χ3n) is 4.22. The van der Waals surface area contributed by atoms with Crippen LogP contribution in [-0.4, -0.2) is 25.8 Å². The van der Waals surface area contributed by atoms with Gasteiger partial charge in [0, 0.05) is 12.3 Å². The van der Waals surface area contributed by atoms with E-state index in [9.17, 15) is 4.21 Å². The molecule has 0 aliphatic heterocycles. The Bertz CT molecular complexity index is 902. The van der Waals surface area contributed by atoms with Crippen molar-refractivity contribution >= 4 is 21.8 Å². The molecule has 124 valence electrons. The molecule has 4 rings (SSSR count). The number of imidazole rings is 1. The van der Waals surface area contributed by atoms with Crippen molar-refractivity contribution < 1.29 is 8.95 Å². The van der Waals surface area contributed by atoms with Crippen LogP contribution in [0.2, 0.25) is 0 Å². The number of ether oxygens (including phenoxy) is 1. The Balaban J connectivity index is 1.53. The number of fused-ring (bicyclic) bond motifs is 1. The van der Waals surface area contributed by atoms with Crippen molar-refractivity contribution in [2.24, 2.45) is 5.92 Å². The highest BCUT2D eigenvalue weighted by Gasteiger charge is 2.22. The molecule has 0 bridgehead atoms. The van der Waals surface area contributed by atoms with Crippen LogP contribution in [0.3, 0.4) is 0 Å². The zero-order chi connectivity index (χ0) is 16.5. The predicted molar refractivity (Wildman–Crippen MR) is 93.4 cm³/mol. The lowest BCUT2D eigenvalue weighted by molar-refractivity contribution is 0.300. The van der Waals surface area contributed by atoms with Crippen molar-refractivity contribution in [2.45, 2.75) is 30.7 Å². The molecule has 6 heteroatoms. The molecular weight excluding hydrogens is 322 g/mol. The molecule has 1 fully saturated rings. The summed E-state index contributed by atoms with van der Waals surface area (Å²) < 4.78 is 18.4. The molecule has 24 heavy (non-hydrogen) atoms. The first-order valence-electron chi connectivity index (χ1n) is 8.10. The average molecular weight is 341 g/mol. The van der Waals surface area contributed by atoms with E-state index in [1.54, 1.807) is 6.20 Å². The Labute approximate surface area is 142 Å². The maximum Gasteiger partial charge on any atom is 0.197 e. The highest BCUT2D eigenvalue weighted by Crippen LogP contribution is 2.30. The zero-order valence-corrected chi connectivity index (χ0v) is 14.3. The third kappa shape index (κ3) is 3.33. The van der Waals surface area contributed by atoms with Crippen LogP contribution in [0.25, 0.3) is 11.0 Å². The van der Waals surface area contributed by atoms with Crippen molar-refractivity contribution in [1.29, 1.82) is 0 Å². The van der Waals surface area contributed by atoms with E-state index in [-0.39, 0.29) is 0 Å². The predicted octanol–water partition coefficient (Wildman–Crippen LogP) is 3.36. The molecular formula is C18H19N3O2S. The summed E-state index contributed by atoms with van der Waals surface area (Å²) in [5.41, 5.74) is 3.53. The summed E-state index contributed by atoms with van der Waals surface area (Å²) in [4.78, 5) is 11.9. The van der Waals surface area contributed by atoms with Gasteiger partial charge in [-0.25, -0.2) is 4.98 Å². The van der Waals surface area contributed by atoms with Crippen molar-refractivity contribution in [2.75, 3.05) is 6.61 Å². The van der Waals surface area contributed by atoms with E-state index in [0.29, 0.717) is 16.8 Å². The van der Waals surface area contributed by atoms with Crippen molar-refractivity contribution in [3.8, 4) is 5.75 Å². The molecule has 1 aliphatic carbocycles. The van der Waals surface area contributed by atoms with E-state index in [1.165, 1.54) is 12.8 Å². The first kappa shape index (κ1) is 15.3. The number of H-pyrrole nitrogens is 1. The second kappa shape index (κ2) is 6.36. The van der Waals surface area contributed by atoms with Gasteiger partial charge in [0.25, 0.3) is 0 Å². The van der Waals surface area contributed by atoms with Crippen molar-refractivity contribution in [1.82, 2.24) is 15.0 Å². The first-order valence-corrected chi connectivity index (χ1v) is 9.42. The molecule has 5 nitrogen and oxygen atoms in total. The Morgan fingerprint density at radius 3 is 3.00 bits per heavy atom. The van der Waals surface area contributed by atoms with Gasteiger partial charge < -0.3 is 9.72 Å². The maximum atomic E-state index is 12.6. The second-order valence-corrected chi connectivity index (χ2v) is 7.60. The summed E-state index contributed by atoms with van der Waals surface area (Å²) in [7, 11) is -1.25. The molecule has 1 aliphatic rings. The standard InChI is InChI=1S/C18H19N3O2S/c1-12-3-2-8-19-17(12)11-24(22)18-20-15-7-6-14(9-16(15)21-18)23-10-13-4-5-13/h2-3,6-9,13H,4-5,10-11H2,1H3,(H,20,21). The fourth-order valence-corrected chi connectivity index (χ4v) is 3.63. The second-order valence-electron chi connectivity index (χ2n) is 6.23. The van der Waals surface area contributed by atoms with Gasteiger partial charge in [0.2, 0.25) is 0 Å². The lowest BCUT2D eigenvalue weighted by atomic mass is 10.2. The molecule has 0 radical (unpaired) electrons. The Kier molecular flexibility index (Phi) is 4.06. The van der Waals surface area contributed by atoms with E-state index in [4.69, 9.17) is 4.74 Å². The number of nitrogens with zero attached hydrogens (tertiary/aromatic N) is 2. The lowest BCUT2D eigenvalue weighted by Crippen LogP contribution is -2.02. The number of aromatic nitrogens is 3. The molecule has 1 unspecified atom stereocenters. The summed E-state index contributed by atoms with van der Waals surface area (Å²) in [6, 6.07) is 9.60. The van der Waals surface area contributed by atoms with Gasteiger partial charge in [-0.3, -0.25) is 9.19 Å². The van der Waals surface area contributed by atoms with Crippen molar-refractivity contribution in [3.63, 3.8) is 0 Å². The van der Waals surface area contributed by atoms with Crippen LogP contribution < -0.4 is 4.74 Å². The summed E-state index contributed by atoms with van der Waals surface area (Å²) in [5, 5.41) is 0.481. The Morgan fingerprint density at radius 2 is 2.21 bits per heavy atom. The van der Waals surface area contributed by atoms with E-state index in [2.05, 4.69) is 15.0 Å². The number of aromatic amines is 1. The average Bonchev–Trinajstić information content (AvgIpc) is 3.31. The SMILES string of the molecule is Cc1cccnc1CS(=O)c1nc2ccc(OCC3CC3)cc2[nH]1. The van der Waals surface area contributed by atoms with Crippen LogP contribution in [0.1, 0.15) is 24.1 Å². The van der Waals surface area contributed by atoms with Crippen LogP contribution in [0.5, 0.6) is 5.75 Å². The number of hydrogen-bond acceptors (Lipinski definition) is 4. The molecule has 0 saturated heterocycles. The van der Waals surface area contributed by atoms with Gasteiger partial charge in [0.1, 0.15) is 5.75 Å². The molecule has 1 aromatic carbocycles. The number of benzene rings is 1. The maximum absolute atomic E-state index is 12.6. The van der Waals surface area contributed by atoms with Crippen LogP contribution >= 0.6 is 0 Å². The highest BCUT2D eigenvalue weighted by molar-refractivity contribution is 7.84. The fraction of sp³-hybridized carbons (Fsp3) is 0.333. The van der Waals surface area contributed by atoms with Gasteiger partial charge in [0.15, 0.2) is 5.16 Å². The van der Waals surface area contributed by atoms with Crippen molar-refractivity contribution in [3.05, 3.63) is 47.8 Å². The van der Waals surface area contributed by atoms with Crippen LogP contribution in [-0.2, 0) is 16.6 Å². The summed E-state index contributed by atoms with van der Waals surface area (Å²) >= 11 is 0. The lowest BCUT2D eigenvalue weighted by Gasteiger charge is -2.04. The Hall–Kier alpha value is -2.21. The van der Waals surface area contributed by atoms with Gasteiger partial charge in [-0.05, 0) is 49.4 Å². The number of nitrogens with one attached hydrogen (secondary N) is 1. The minimum absolute atomic E-state index is 0.359. The van der Waals surface area contributed by atoms with E-state index in [0.717, 1.165) is 34.6 Å². The van der Waals surface area contributed by atoms with Gasteiger partial charge in [-0.2, -0.15) is 0 Å². The van der Waals surface area contributed by atoms with Crippen LogP contribution in [0.4, 0.5) is 0 Å². The fourth-order valence-electron chi connectivity index (χ4n) is 2.52. The monoisotopic (exact) mass is 341 g/mol. The summed E-state index contributed by atoms with van der Waals surface area (Å²) in [6.45, 7) is 2.75. The Morgan fingerprint density at radius 1 is 1.33 bits per heavy atom. The van der Waals surface area contributed by atoms with Gasteiger partial charge in [-0.1, -0.05) is 6.07 Å². The zero-order valence-electron chi connectivity index (χ0n) is 13.5. The number of rotatable bonds is 6. The third-order valence-corrected chi connectivity index (χ3v) is 5.38. The van der Waals surface area contributed by atoms with Gasteiger partial charge in [0.05, 0.1) is 39.9 Å². The molecule has 2 heterocycles. The van der Waals surface area contributed by atoms with E-state index < -0.39 is 10.8 Å².